The molecule has 1 aromatic carbocycles. The Morgan fingerprint density at radius 1 is 1.41 bits per heavy atom. The van der Waals surface area contributed by atoms with Crippen molar-refractivity contribution in [1.82, 2.24) is 5.32 Å². The van der Waals surface area contributed by atoms with Crippen LogP contribution in [0, 0.1) is 0 Å². The standard InChI is InChI=1S/C10H9Br2NO3S/c11-5-1-4(2-6(12)8(5)14)9-13-7(3-17-9)10(15)16/h1-2,7,9,13-14H,3H2,(H,15,16)/t7-,9-/m0/s1. The highest BCUT2D eigenvalue weighted by Crippen LogP contribution is 2.39. The summed E-state index contributed by atoms with van der Waals surface area (Å²) in [6.07, 6.45) is 0. The molecule has 0 saturated carbocycles. The molecule has 0 aliphatic carbocycles. The van der Waals surface area contributed by atoms with E-state index < -0.39 is 12.0 Å². The molecule has 17 heavy (non-hydrogen) atoms. The first-order valence-electron chi connectivity index (χ1n) is 4.77. The van der Waals surface area contributed by atoms with E-state index in [4.69, 9.17) is 5.11 Å². The predicted octanol–water partition coefficient (Wildman–Crippen LogP) is 2.71. The molecule has 2 rings (SSSR count). The first-order valence-corrected chi connectivity index (χ1v) is 7.41. The van der Waals surface area contributed by atoms with Gasteiger partial charge in [0, 0.05) is 5.75 Å². The molecule has 0 unspecified atom stereocenters. The molecular weight excluding hydrogens is 374 g/mol. The topological polar surface area (TPSA) is 69.6 Å². The van der Waals surface area contributed by atoms with E-state index in [1.807, 2.05) is 0 Å². The van der Waals surface area contributed by atoms with E-state index in [2.05, 4.69) is 37.2 Å². The Bertz CT molecular complexity index is 446. The summed E-state index contributed by atoms with van der Waals surface area (Å²) in [5.41, 5.74) is 0.926. The summed E-state index contributed by atoms with van der Waals surface area (Å²) in [6.45, 7) is 0. The molecule has 1 aromatic rings. The molecule has 0 radical (unpaired) electrons. The van der Waals surface area contributed by atoms with Gasteiger partial charge < -0.3 is 10.2 Å². The van der Waals surface area contributed by atoms with Gasteiger partial charge in [-0.2, -0.15) is 0 Å². The van der Waals surface area contributed by atoms with Crippen LogP contribution in [0.4, 0.5) is 0 Å². The van der Waals surface area contributed by atoms with E-state index in [0.29, 0.717) is 14.7 Å². The molecule has 1 aliphatic rings. The summed E-state index contributed by atoms with van der Waals surface area (Å²) in [7, 11) is 0. The van der Waals surface area contributed by atoms with Crippen LogP contribution in [0.2, 0.25) is 0 Å². The van der Waals surface area contributed by atoms with E-state index in [-0.39, 0.29) is 11.1 Å². The predicted molar refractivity (Wildman–Crippen MR) is 73.3 cm³/mol. The molecule has 0 aromatic heterocycles. The minimum absolute atomic E-state index is 0.0655. The number of carboxylic acids is 1. The normalized spacial score (nSPS) is 23.9. The van der Waals surface area contributed by atoms with Crippen molar-refractivity contribution >= 4 is 49.6 Å². The molecule has 92 valence electrons. The molecule has 1 heterocycles. The van der Waals surface area contributed by atoms with Crippen molar-refractivity contribution in [1.29, 1.82) is 0 Å². The number of carbonyl (C=O) groups is 1. The average molecular weight is 383 g/mol. The van der Waals surface area contributed by atoms with Crippen molar-refractivity contribution in [2.24, 2.45) is 0 Å². The number of carboxylic acid groups (broad SMARTS) is 1. The summed E-state index contributed by atoms with van der Waals surface area (Å²) < 4.78 is 1.17. The van der Waals surface area contributed by atoms with Crippen LogP contribution in [0.5, 0.6) is 5.75 Å². The van der Waals surface area contributed by atoms with Crippen LogP contribution in [0.15, 0.2) is 21.1 Å². The lowest BCUT2D eigenvalue weighted by Crippen LogP contribution is -2.33. The van der Waals surface area contributed by atoms with Gasteiger partial charge in [0.25, 0.3) is 0 Å². The summed E-state index contributed by atoms with van der Waals surface area (Å²) in [5, 5.41) is 21.5. The highest BCUT2D eigenvalue weighted by molar-refractivity contribution is 9.11. The Morgan fingerprint density at radius 3 is 2.47 bits per heavy atom. The molecular formula is C10H9Br2NO3S. The molecule has 0 spiro atoms. The van der Waals surface area contributed by atoms with Crippen LogP contribution < -0.4 is 5.32 Å². The third-order valence-corrected chi connectivity index (χ3v) is 4.90. The number of hydrogen-bond acceptors (Lipinski definition) is 4. The van der Waals surface area contributed by atoms with Crippen LogP contribution in [-0.4, -0.2) is 28.0 Å². The van der Waals surface area contributed by atoms with Crippen molar-refractivity contribution in [2.45, 2.75) is 11.4 Å². The molecule has 1 saturated heterocycles. The second kappa shape index (κ2) is 5.17. The van der Waals surface area contributed by atoms with E-state index in [9.17, 15) is 9.90 Å². The van der Waals surface area contributed by atoms with Crippen molar-refractivity contribution in [3.8, 4) is 5.75 Å². The lowest BCUT2D eigenvalue weighted by atomic mass is 10.2. The first kappa shape index (κ1) is 13.2. The van der Waals surface area contributed by atoms with Crippen LogP contribution >= 0.6 is 43.6 Å². The van der Waals surface area contributed by atoms with Crippen molar-refractivity contribution < 1.29 is 15.0 Å². The minimum Gasteiger partial charge on any atom is -0.506 e. The van der Waals surface area contributed by atoms with Gasteiger partial charge >= 0.3 is 5.97 Å². The summed E-state index contributed by atoms with van der Waals surface area (Å²) in [4.78, 5) is 10.8. The van der Waals surface area contributed by atoms with Crippen LogP contribution in [-0.2, 0) is 4.79 Å². The van der Waals surface area contributed by atoms with E-state index in [1.54, 1.807) is 12.1 Å². The molecule has 0 amide bonds. The fourth-order valence-electron chi connectivity index (χ4n) is 1.54. The zero-order valence-corrected chi connectivity index (χ0v) is 12.5. The summed E-state index contributed by atoms with van der Waals surface area (Å²) >= 11 is 8.05. The monoisotopic (exact) mass is 381 g/mol. The quantitative estimate of drug-likeness (QED) is 0.733. The van der Waals surface area contributed by atoms with Crippen LogP contribution in [0.3, 0.4) is 0 Å². The molecule has 1 aliphatic heterocycles. The second-order valence-electron chi connectivity index (χ2n) is 3.60. The van der Waals surface area contributed by atoms with Gasteiger partial charge in [-0.05, 0) is 49.6 Å². The van der Waals surface area contributed by atoms with Crippen molar-refractivity contribution in [3.63, 3.8) is 0 Å². The SMILES string of the molecule is O=C(O)[C@@H]1CS[C@@H](c2cc(Br)c(O)c(Br)c2)N1. The molecule has 1 fully saturated rings. The Kier molecular flexibility index (Phi) is 4.02. The van der Waals surface area contributed by atoms with Gasteiger partial charge in [0.2, 0.25) is 0 Å². The van der Waals surface area contributed by atoms with Gasteiger partial charge in [0.05, 0.1) is 14.3 Å². The van der Waals surface area contributed by atoms with Gasteiger partial charge in [0.1, 0.15) is 11.8 Å². The fraction of sp³-hybridized carbons (Fsp3) is 0.300. The minimum atomic E-state index is -0.836. The molecule has 7 heteroatoms. The number of aromatic hydroxyl groups is 1. The third kappa shape index (κ3) is 2.78. The molecule has 3 N–H and O–H groups in total. The lowest BCUT2D eigenvalue weighted by molar-refractivity contribution is -0.138. The highest BCUT2D eigenvalue weighted by Gasteiger charge is 2.30. The van der Waals surface area contributed by atoms with Crippen molar-refractivity contribution in [2.75, 3.05) is 5.75 Å². The Morgan fingerprint density at radius 2 is 2.00 bits per heavy atom. The third-order valence-electron chi connectivity index (χ3n) is 2.42. The summed E-state index contributed by atoms with van der Waals surface area (Å²) in [6, 6.07) is 3.06. The van der Waals surface area contributed by atoms with Gasteiger partial charge in [-0.1, -0.05) is 0 Å². The zero-order valence-electron chi connectivity index (χ0n) is 8.48. The number of hydrogen-bond donors (Lipinski definition) is 3. The van der Waals surface area contributed by atoms with Gasteiger partial charge in [-0.25, -0.2) is 0 Å². The second-order valence-corrected chi connectivity index (χ2v) is 6.45. The van der Waals surface area contributed by atoms with E-state index >= 15 is 0 Å². The number of phenolic OH excluding ortho intramolecular Hbond substituents is 1. The Hall–Kier alpha value is -0.240. The van der Waals surface area contributed by atoms with E-state index in [1.165, 1.54) is 11.8 Å². The first-order chi connectivity index (χ1) is 7.99. The van der Waals surface area contributed by atoms with Crippen molar-refractivity contribution in [3.05, 3.63) is 26.6 Å². The maximum atomic E-state index is 10.8. The molecule has 0 bridgehead atoms. The molecule has 2 atom stereocenters. The highest BCUT2D eigenvalue weighted by atomic mass is 79.9. The number of halogens is 2. The van der Waals surface area contributed by atoms with Crippen LogP contribution in [0.25, 0.3) is 0 Å². The van der Waals surface area contributed by atoms with Crippen LogP contribution in [0.1, 0.15) is 10.9 Å². The fourth-order valence-corrected chi connectivity index (χ4v) is 3.98. The zero-order chi connectivity index (χ0) is 12.6. The summed E-state index contributed by atoms with van der Waals surface area (Å²) in [5.74, 6) is -0.153. The largest absolute Gasteiger partial charge is 0.506 e. The maximum absolute atomic E-state index is 10.8. The number of phenols is 1. The van der Waals surface area contributed by atoms with E-state index in [0.717, 1.165) is 5.56 Å². The van der Waals surface area contributed by atoms with Gasteiger partial charge in [0.15, 0.2) is 0 Å². The number of benzene rings is 1. The number of rotatable bonds is 2. The maximum Gasteiger partial charge on any atom is 0.321 e. The average Bonchev–Trinajstić information content (AvgIpc) is 2.74. The Balaban J connectivity index is 2.22. The van der Waals surface area contributed by atoms with Gasteiger partial charge in [-0.15, -0.1) is 11.8 Å². The number of nitrogens with one attached hydrogen (secondary N) is 1. The Labute approximate surface area is 119 Å². The number of thioether (sulfide) groups is 1. The molecule has 4 nitrogen and oxygen atoms in total. The van der Waals surface area contributed by atoms with Gasteiger partial charge in [-0.3, -0.25) is 10.1 Å². The smallest absolute Gasteiger partial charge is 0.321 e. The lowest BCUT2D eigenvalue weighted by Gasteiger charge is -2.13. The number of aliphatic carboxylic acids is 1.